The Balaban J connectivity index is 2.68. The molecule has 1 heterocycles. The SMILES string of the molecule is CCOC(=O)C1CSCCN1S(=O)(=O)CCCC(=O)OC. The van der Waals surface area contributed by atoms with Crippen molar-refractivity contribution in [1.82, 2.24) is 4.31 Å². The van der Waals surface area contributed by atoms with Crippen LogP contribution in [-0.4, -0.2) is 68.2 Å². The van der Waals surface area contributed by atoms with Crippen LogP contribution >= 0.6 is 11.8 Å². The van der Waals surface area contributed by atoms with Crippen molar-refractivity contribution in [3.63, 3.8) is 0 Å². The highest BCUT2D eigenvalue weighted by atomic mass is 32.2. The molecule has 0 aromatic heterocycles. The number of sulfonamides is 1. The van der Waals surface area contributed by atoms with Gasteiger partial charge in [-0.25, -0.2) is 8.42 Å². The van der Waals surface area contributed by atoms with Crippen LogP contribution in [0.15, 0.2) is 0 Å². The van der Waals surface area contributed by atoms with Crippen molar-refractivity contribution in [2.24, 2.45) is 0 Å². The average molecular weight is 339 g/mol. The normalized spacial score (nSPS) is 20.0. The van der Waals surface area contributed by atoms with E-state index in [1.807, 2.05) is 0 Å². The molecular formula is C12H21NO6S2. The molecule has 0 radical (unpaired) electrons. The van der Waals surface area contributed by atoms with Crippen LogP contribution in [0.2, 0.25) is 0 Å². The Bertz CT molecular complexity index is 464. The Hall–Kier alpha value is -0.800. The molecule has 1 rings (SSSR count). The van der Waals surface area contributed by atoms with Gasteiger partial charge in [-0.2, -0.15) is 16.1 Å². The van der Waals surface area contributed by atoms with E-state index in [9.17, 15) is 18.0 Å². The maximum Gasteiger partial charge on any atom is 0.325 e. The second-order valence-corrected chi connectivity index (χ2v) is 7.64. The lowest BCUT2D eigenvalue weighted by Gasteiger charge is -2.32. The highest BCUT2D eigenvalue weighted by Crippen LogP contribution is 2.21. The second-order valence-electron chi connectivity index (χ2n) is 4.45. The predicted octanol–water partition coefficient (Wildman–Crippen LogP) is 0.250. The molecule has 0 aromatic rings. The maximum atomic E-state index is 12.3. The zero-order valence-electron chi connectivity index (χ0n) is 12.2. The molecule has 0 spiro atoms. The number of carbonyl (C=O) groups is 2. The van der Waals surface area contributed by atoms with Crippen molar-refractivity contribution >= 4 is 33.7 Å². The number of carbonyl (C=O) groups excluding carboxylic acids is 2. The first-order chi connectivity index (χ1) is 9.92. The number of hydrogen-bond donors (Lipinski definition) is 0. The molecular weight excluding hydrogens is 318 g/mol. The van der Waals surface area contributed by atoms with Gasteiger partial charge in [0.05, 0.1) is 19.5 Å². The molecule has 21 heavy (non-hydrogen) atoms. The quantitative estimate of drug-likeness (QED) is 0.614. The van der Waals surface area contributed by atoms with Gasteiger partial charge in [-0.05, 0) is 13.3 Å². The Morgan fingerprint density at radius 3 is 2.71 bits per heavy atom. The van der Waals surface area contributed by atoms with Gasteiger partial charge < -0.3 is 9.47 Å². The summed E-state index contributed by atoms with van der Waals surface area (Å²) in [4.78, 5) is 22.9. The molecule has 0 bridgehead atoms. The van der Waals surface area contributed by atoms with Crippen LogP contribution < -0.4 is 0 Å². The van der Waals surface area contributed by atoms with Crippen LogP contribution in [0, 0.1) is 0 Å². The molecule has 9 heteroatoms. The highest BCUT2D eigenvalue weighted by Gasteiger charge is 2.37. The lowest BCUT2D eigenvalue weighted by atomic mass is 10.3. The first-order valence-electron chi connectivity index (χ1n) is 6.73. The fourth-order valence-electron chi connectivity index (χ4n) is 1.96. The molecule has 1 aliphatic rings. The van der Waals surface area contributed by atoms with Crippen molar-refractivity contribution in [3.8, 4) is 0 Å². The summed E-state index contributed by atoms with van der Waals surface area (Å²) in [6.07, 6.45) is 0.219. The van der Waals surface area contributed by atoms with Crippen molar-refractivity contribution in [2.75, 3.05) is 37.5 Å². The molecule has 0 amide bonds. The summed E-state index contributed by atoms with van der Waals surface area (Å²) in [5, 5.41) is 0. The number of rotatable bonds is 7. The topological polar surface area (TPSA) is 90.0 Å². The lowest BCUT2D eigenvalue weighted by molar-refractivity contribution is -0.147. The van der Waals surface area contributed by atoms with Crippen LogP contribution in [-0.2, 0) is 29.1 Å². The van der Waals surface area contributed by atoms with E-state index >= 15 is 0 Å². The minimum atomic E-state index is -3.59. The van der Waals surface area contributed by atoms with E-state index in [2.05, 4.69) is 4.74 Å². The number of thioether (sulfide) groups is 1. The molecule has 7 nitrogen and oxygen atoms in total. The fourth-order valence-corrected chi connectivity index (χ4v) is 4.87. The molecule has 1 fully saturated rings. The molecule has 1 saturated heterocycles. The van der Waals surface area contributed by atoms with E-state index in [1.165, 1.54) is 23.2 Å². The first-order valence-corrected chi connectivity index (χ1v) is 9.49. The molecule has 122 valence electrons. The van der Waals surface area contributed by atoms with E-state index in [4.69, 9.17) is 4.74 Å². The largest absolute Gasteiger partial charge is 0.469 e. The van der Waals surface area contributed by atoms with Gasteiger partial charge in [0, 0.05) is 24.5 Å². The van der Waals surface area contributed by atoms with Crippen molar-refractivity contribution in [3.05, 3.63) is 0 Å². The van der Waals surface area contributed by atoms with Crippen molar-refractivity contribution < 1.29 is 27.5 Å². The number of nitrogens with zero attached hydrogens (tertiary/aromatic N) is 1. The summed E-state index contributed by atoms with van der Waals surface area (Å²) in [6, 6.07) is -0.771. The van der Waals surface area contributed by atoms with E-state index in [0.29, 0.717) is 11.5 Å². The standard InChI is InChI=1S/C12H21NO6S2/c1-3-19-12(15)10-9-20-7-6-13(10)21(16,17)8-4-5-11(14)18-2/h10H,3-9H2,1-2H3. The molecule has 1 unspecified atom stereocenters. The van der Waals surface area contributed by atoms with Gasteiger partial charge in [-0.3, -0.25) is 9.59 Å². The molecule has 0 aliphatic carbocycles. The van der Waals surface area contributed by atoms with Crippen LogP contribution in [0.3, 0.4) is 0 Å². The van der Waals surface area contributed by atoms with Gasteiger partial charge in [0.15, 0.2) is 0 Å². The van der Waals surface area contributed by atoms with E-state index in [1.54, 1.807) is 6.92 Å². The van der Waals surface area contributed by atoms with Crippen molar-refractivity contribution in [1.29, 1.82) is 0 Å². The summed E-state index contributed by atoms with van der Waals surface area (Å²) in [5.41, 5.74) is 0. The third-order valence-electron chi connectivity index (χ3n) is 3.01. The van der Waals surface area contributed by atoms with Gasteiger partial charge in [0.25, 0.3) is 0 Å². The van der Waals surface area contributed by atoms with Gasteiger partial charge in [0.1, 0.15) is 6.04 Å². The van der Waals surface area contributed by atoms with Gasteiger partial charge >= 0.3 is 11.9 Å². The van der Waals surface area contributed by atoms with Crippen LogP contribution in [0.25, 0.3) is 0 Å². The molecule has 1 atom stereocenters. The summed E-state index contributed by atoms with van der Waals surface area (Å²) in [7, 11) is -2.33. The van der Waals surface area contributed by atoms with Crippen molar-refractivity contribution in [2.45, 2.75) is 25.8 Å². The van der Waals surface area contributed by atoms with E-state index in [-0.39, 0.29) is 31.7 Å². The predicted molar refractivity (Wildman–Crippen MR) is 79.5 cm³/mol. The third kappa shape index (κ3) is 5.48. The summed E-state index contributed by atoms with van der Waals surface area (Å²) in [6.45, 7) is 2.19. The summed E-state index contributed by atoms with van der Waals surface area (Å²) < 4.78 is 35.3. The lowest BCUT2D eigenvalue weighted by Crippen LogP contribution is -2.51. The second kappa shape index (κ2) is 8.60. The summed E-state index contributed by atoms with van der Waals surface area (Å²) in [5.74, 6) is -0.0910. The Labute approximate surface area is 129 Å². The number of methoxy groups -OCH3 is 1. The molecule has 0 N–H and O–H groups in total. The number of esters is 2. The zero-order chi connectivity index (χ0) is 15.9. The average Bonchev–Trinajstić information content (AvgIpc) is 2.47. The number of ether oxygens (including phenoxy) is 2. The first kappa shape index (κ1) is 18.2. The molecule has 1 aliphatic heterocycles. The van der Waals surface area contributed by atoms with E-state index < -0.39 is 28.0 Å². The summed E-state index contributed by atoms with van der Waals surface area (Å²) >= 11 is 1.53. The van der Waals surface area contributed by atoms with Crippen LogP contribution in [0.1, 0.15) is 19.8 Å². The van der Waals surface area contributed by atoms with Gasteiger partial charge in [-0.15, -0.1) is 0 Å². The monoisotopic (exact) mass is 339 g/mol. The highest BCUT2D eigenvalue weighted by molar-refractivity contribution is 7.99. The third-order valence-corrected chi connectivity index (χ3v) is 5.99. The fraction of sp³-hybridized carbons (Fsp3) is 0.833. The molecule has 0 saturated carbocycles. The number of hydrogen-bond acceptors (Lipinski definition) is 7. The van der Waals surface area contributed by atoms with E-state index in [0.717, 1.165) is 0 Å². The van der Waals surface area contributed by atoms with Gasteiger partial charge in [-0.1, -0.05) is 0 Å². The minimum absolute atomic E-state index is 0.0440. The van der Waals surface area contributed by atoms with Gasteiger partial charge in [0.2, 0.25) is 10.0 Å². The maximum absolute atomic E-state index is 12.3. The zero-order valence-corrected chi connectivity index (χ0v) is 13.9. The smallest absolute Gasteiger partial charge is 0.325 e. The Kier molecular flexibility index (Phi) is 7.47. The molecule has 0 aromatic carbocycles. The minimum Gasteiger partial charge on any atom is -0.469 e. The van der Waals surface area contributed by atoms with Crippen LogP contribution in [0.5, 0.6) is 0 Å². The van der Waals surface area contributed by atoms with Crippen LogP contribution in [0.4, 0.5) is 0 Å². The Morgan fingerprint density at radius 1 is 1.38 bits per heavy atom. The Morgan fingerprint density at radius 2 is 2.10 bits per heavy atom.